The van der Waals surface area contributed by atoms with Gasteiger partial charge in [0.15, 0.2) is 0 Å². The van der Waals surface area contributed by atoms with Crippen LogP contribution in [0.2, 0.25) is 0 Å². The molecule has 3 rings (SSSR count). The smallest absolute Gasteiger partial charge is 0.280 e. The molecule has 7 nitrogen and oxygen atoms in total. The van der Waals surface area contributed by atoms with Crippen molar-refractivity contribution in [3.8, 4) is 0 Å². The summed E-state index contributed by atoms with van der Waals surface area (Å²) in [7, 11) is 0. The van der Waals surface area contributed by atoms with Gasteiger partial charge in [-0.1, -0.05) is 13.5 Å². The highest BCUT2D eigenvalue weighted by Gasteiger charge is 2.28. The Morgan fingerprint density at radius 2 is 2.32 bits per heavy atom. The van der Waals surface area contributed by atoms with Gasteiger partial charge in [0.1, 0.15) is 11.2 Å². The molecule has 1 aliphatic heterocycles. The van der Waals surface area contributed by atoms with E-state index in [1.807, 2.05) is 13.0 Å². The minimum Gasteiger partial charge on any atom is -0.338 e. The second-order valence-electron chi connectivity index (χ2n) is 6.01. The zero-order valence-electron chi connectivity index (χ0n) is 14.0. The van der Waals surface area contributed by atoms with Gasteiger partial charge in [-0.3, -0.25) is 19.8 Å². The second-order valence-corrected chi connectivity index (χ2v) is 7.12. The fourth-order valence-corrected chi connectivity index (χ4v) is 3.88. The molecular weight excluding hydrogens is 340 g/mol. The molecule has 0 aliphatic carbocycles. The van der Waals surface area contributed by atoms with Crippen molar-refractivity contribution >= 4 is 33.4 Å². The van der Waals surface area contributed by atoms with Crippen molar-refractivity contribution in [3.63, 3.8) is 0 Å². The molecule has 25 heavy (non-hydrogen) atoms. The topological polar surface area (TPSA) is 84.3 Å². The Morgan fingerprint density at radius 1 is 1.52 bits per heavy atom. The first kappa shape index (κ1) is 17.3. The summed E-state index contributed by atoms with van der Waals surface area (Å²) in [4.78, 5) is 44.4. The number of amides is 2. The number of nitrogens with zero attached hydrogens (tertiary/aromatic N) is 3. The van der Waals surface area contributed by atoms with Crippen LogP contribution < -0.4 is 11.0 Å². The minimum atomic E-state index is -0.353. The standard InChI is InChI=1S/C17H20N4O3S/c1-3-12-8-13-16(25-12)18-10-21(17(13)24)19-15(23)11-6-5-7-20(9-11)14(22)4-2/h4,8,10-11H,2-3,5-7,9H2,1H3,(H,19,23). The van der Waals surface area contributed by atoms with Gasteiger partial charge < -0.3 is 4.90 Å². The molecule has 1 unspecified atom stereocenters. The van der Waals surface area contributed by atoms with Crippen LogP contribution in [0.4, 0.5) is 0 Å². The normalized spacial score (nSPS) is 17.5. The summed E-state index contributed by atoms with van der Waals surface area (Å²) in [5.41, 5.74) is 2.33. The van der Waals surface area contributed by atoms with Crippen LogP contribution >= 0.6 is 11.3 Å². The number of carbonyl (C=O) groups excluding carboxylic acids is 2. The molecule has 0 aromatic carbocycles. The molecule has 8 heteroatoms. The Labute approximate surface area is 148 Å². The Hall–Kier alpha value is -2.48. The van der Waals surface area contributed by atoms with Gasteiger partial charge in [-0.2, -0.15) is 0 Å². The van der Waals surface area contributed by atoms with Crippen molar-refractivity contribution in [3.05, 3.63) is 40.3 Å². The number of likely N-dealkylation sites (tertiary alicyclic amines) is 1. The molecule has 1 atom stereocenters. The summed E-state index contributed by atoms with van der Waals surface area (Å²) < 4.78 is 1.13. The zero-order valence-corrected chi connectivity index (χ0v) is 14.8. The maximum absolute atomic E-state index is 12.5. The summed E-state index contributed by atoms with van der Waals surface area (Å²) >= 11 is 1.48. The highest BCUT2D eigenvalue weighted by molar-refractivity contribution is 7.18. The molecule has 2 aromatic rings. The Balaban J connectivity index is 1.77. The molecule has 2 amide bonds. The van der Waals surface area contributed by atoms with Crippen LogP contribution in [0.15, 0.2) is 29.8 Å². The number of nitrogens with one attached hydrogen (secondary N) is 1. The maximum atomic E-state index is 12.5. The van der Waals surface area contributed by atoms with Gasteiger partial charge in [0, 0.05) is 18.0 Å². The lowest BCUT2D eigenvalue weighted by Gasteiger charge is -2.31. The number of rotatable bonds is 4. The molecule has 2 aromatic heterocycles. The van der Waals surface area contributed by atoms with Crippen LogP contribution in [0.5, 0.6) is 0 Å². The fourth-order valence-electron chi connectivity index (χ4n) is 2.96. The van der Waals surface area contributed by atoms with E-state index in [-0.39, 0.29) is 23.3 Å². The first-order chi connectivity index (χ1) is 12.0. The molecule has 0 spiro atoms. The predicted octanol–water partition coefficient (Wildman–Crippen LogP) is 1.52. The van der Waals surface area contributed by atoms with Gasteiger partial charge >= 0.3 is 0 Å². The highest BCUT2D eigenvalue weighted by atomic mass is 32.1. The van der Waals surface area contributed by atoms with Gasteiger partial charge in [0.05, 0.1) is 11.3 Å². The van der Waals surface area contributed by atoms with E-state index in [2.05, 4.69) is 17.0 Å². The van der Waals surface area contributed by atoms with E-state index in [0.717, 1.165) is 22.4 Å². The maximum Gasteiger partial charge on any atom is 0.280 e. The second kappa shape index (κ2) is 7.18. The largest absolute Gasteiger partial charge is 0.338 e. The SMILES string of the molecule is C=CC(=O)N1CCCC(C(=O)Nn2cnc3sc(CC)cc3c2=O)C1. The average molecular weight is 360 g/mol. The zero-order chi connectivity index (χ0) is 18.0. The van der Waals surface area contributed by atoms with E-state index in [4.69, 9.17) is 0 Å². The van der Waals surface area contributed by atoms with Gasteiger partial charge in [0.25, 0.3) is 5.56 Å². The van der Waals surface area contributed by atoms with Crippen LogP contribution in [0.3, 0.4) is 0 Å². The molecule has 1 aliphatic rings. The molecule has 1 N–H and O–H groups in total. The Bertz CT molecular complexity index is 886. The van der Waals surface area contributed by atoms with Gasteiger partial charge in [-0.15, -0.1) is 11.3 Å². The van der Waals surface area contributed by atoms with Crippen LogP contribution in [0, 0.1) is 5.92 Å². The molecule has 1 saturated heterocycles. The average Bonchev–Trinajstić information content (AvgIpc) is 3.07. The molecule has 0 saturated carbocycles. The third-order valence-corrected chi connectivity index (χ3v) is 5.55. The molecule has 0 bridgehead atoms. The first-order valence-electron chi connectivity index (χ1n) is 8.25. The summed E-state index contributed by atoms with van der Waals surface area (Å²) in [6, 6.07) is 1.82. The number of aryl methyl sites for hydroxylation is 1. The van der Waals surface area contributed by atoms with Crippen molar-refractivity contribution in [2.45, 2.75) is 26.2 Å². The summed E-state index contributed by atoms with van der Waals surface area (Å²) in [6.07, 6.45) is 4.85. The number of piperidine rings is 1. The highest BCUT2D eigenvalue weighted by Crippen LogP contribution is 2.21. The monoisotopic (exact) mass is 360 g/mol. The Kier molecular flexibility index (Phi) is 4.98. The molecule has 0 radical (unpaired) electrons. The fraction of sp³-hybridized carbons (Fsp3) is 0.412. The van der Waals surface area contributed by atoms with Crippen molar-refractivity contribution in [2.24, 2.45) is 5.92 Å². The number of carbonyl (C=O) groups is 2. The van der Waals surface area contributed by atoms with Crippen molar-refractivity contribution < 1.29 is 9.59 Å². The van der Waals surface area contributed by atoms with Crippen LogP contribution in [-0.4, -0.2) is 39.5 Å². The molecule has 3 heterocycles. The number of hydrogen-bond acceptors (Lipinski definition) is 5. The van der Waals surface area contributed by atoms with Crippen LogP contribution in [0.25, 0.3) is 10.2 Å². The Morgan fingerprint density at radius 3 is 3.04 bits per heavy atom. The van der Waals surface area contributed by atoms with E-state index >= 15 is 0 Å². The molecule has 1 fully saturated rings. The third kappa shape index (κ3) is 3.48. The first-order valence-corrected chi connectivity index (χ1v) is 9.07. The summed E-state index contributed by atoms with van der Waals surface area (Å²) in [6.45, 7) is 6.45. The van der Waals surface area contributed by atoms with E-state index in [0.29, 0.717) is 29.7 Å². The third-order valence-electron chi connectivity index (χ3n) is 4.36. The number of fused-ring (bicyclic) bond motifs is 1. The van der Waals surface area contributed by atoms with Gasteiger partial charge in [0.2, 0.25) is 11.8 Å². The number of thiophene rings is 1. The number of hydrogen-bond donors (Lipinski definition) is 1. The van der Waals surface area contributed by atoms with E-state index in [9.17, 15) is 14.4 Å². The summed E-state index contributed by atoms with van der Waals surface area (Å²) in [5, 5.41) is 0.511. The van der Waals surface area contributed by atoms with Crippen molar-refractivity contribution in [1.82, 2.24) is 14.6 Å². The van der Waals surface area contributed by atoms with E-state index in [1.54, 1.807) is 4.90 Å². The van der Waals surface area contributed by atoms with Crippen molar-refractivity contribution in [2.75, 3.05) is 18.5 Å². The van der Waals surface area contributed by atoms with Gasteiger partial charge in [-0.05, 0) is 31.4 Å². The number of aromatic nitrogens is 2. The summed E-state index contributed by atoms with van der Waals surface area (Å²) in [5.74, 6) is -0.812. The lowest BCUT2D eigenvalue weighted by Crippen LogP contribution is -2.45. The van der Waals surface area contributed by atoms with E-state index < -0.39 is 0 Å². The molecular formula is C17H20N4O3S. The van der Waals surface area contributed by atoms with E-state index in [1.165, 1.54) is 23.7 Å². The van der Waals surface area contributed by atoms with Crippen molar-refractivity contribution in [1.29, 1.82) is 0 Å². The quantitative estimate of drug-likeness (QED) is 0.838. The van der Waals surface area contributed by atoms with Gasteiger partial charge in [-0.25, -0.2) is 9.66 Å². The molecule has 132 valence electrons. The predicted molar refractivity (Wildman–Crippen MR) is 97.1 cm³/mol. The van der Waals surface area contributed by atoms with Crippen LogP contribution in [-0.2, 0) is 16.0 Å². The van der Waals surface area contributed by atoms with Crippen LogP contribution in [0.1, 0.15) is 24.6 Å². The lowest BCUT2D eigenvalue weighted by atomic mass is 9.97. The minimum absolute atomic E-state index is 0.178. The lowest BCUT2D eigenvalue weighted by molar-refractivity contribution is -0.130.